The first-order chi connectivity index (χ1) is 9.13. The van der Waals surface area contributed by atoms with Crippen LogP contribution in [0.3, 0.4) is 0 Å². The van der Waals surface area contributed by atoms with Gasteiger partial charge in [0.1, 0.15) is 11.5 Å². The van der Waals surface area contributed by atoms with Gasteiger partial charge in [-0.15, -0.1) is 0 Å². The molecule has 0 amide bonds. The second-order valence-corrected chi connectivity index (χ2v) is 3.83. The van der Waals surface area contributed by atoms with E-state index in [1.807, 2.05) is 0 Å². The number of nitrogens with one attached hydrogen (secondary N) is 2. The van der Waals surface area contributed by atoms with Gasteiger partial charge in [0.25, 0.3) is 5.56 Å². The lowest BCUT2D eigenvalue weighted by molar-refractivity contribution is 0.705. The molecule has 0 aromatic carbocycles. The fraction of sp³-hybridized carbons (Fsp3) is 0.273. The van der Waals surface area contributed by atoms with E-state index < -0.39 is 11.2 Å². The molecule has 4 N–H and O–H groups in total. The molecule has 0 bridgehead atoms. The third kappa shape index (κ3) is 2.62. The van der Waals surface area contributed by atoms with Crippen LogP contribution in [0.4, 0.5) is 11.5 Å². The van der Waals surface area contributed by atoms with E-state index in [9.17, 15) is 9.59 Å². The highest BCUT2D eigenvalue weighted by atomic mass is 16.2. The van der Waals surface area contributed by atoms with E-state index in [1.54, 1.807) is 25.3 Å². The first-order valence-electron chi connectivity index (χ1n) is 5.76. The zero-order chi connectivity index (χ0) is 13.8. The van der Waals surface area contributed by atoms with Crippen molar-refractivity contribution >= 4 is 11.5 Å². The summed E-state index contributed by atoms with van der Waals surface area (Å²) in [5.41, 5.74) is 5.56. The van der Waals surface area contributed by atoms with E-state index in [0.29, 0.717) is 18.8 Å². The molecule has 0 aliphatic heterocycles. The molecule has 2 aromatic heterocycles. The van der Waals surface area contributed by atoms with Crippen molar-refractivity contribution in [3.8, 4) is 0 Å². The molecule has 2 rings (SSSR count). The van der Waals surface area contributed by atoms with Gasteiger partial charge in [-0.2, -0.15) is 10.2 Å². The summed E-state index contributed by atoms with van der Waals surface area (Å²) in [6.07, 6.45) is 1.56. The van der Waals surface area contributed by atoms with E-state index in [1.165, 1.54) is 4.57 Å². The largest absolute Gasteiger partial charge is 0.383 e. The Hall–Kier alpha value is -2.64. The number of hydrogen-bond acceptors (Lipinski definition) is 6. The Morgan fingerprint density at radius 2 is 2.26 bits per heavy atom. The first kappa shape index (κ1) is 12.8. The molecule has 0 aliphatic carbocycles. The first-order valence-corrected chi connectivity index (χ1v) is 5.76. The number of rotatable bonds is 4. The smallest absolute Gasteiger partial charge is 0.330 e. The molecule has 0 spiro atoms. The average molecular weight is 262 g/mol. The second kappa shape index (κ2) is 5.34. The SMILES string of the molecule is CCn1c(N)c(NCc2cccnn2)c(=O)[nH]c1=O. The van der Waals surface area contributed by atoms with Gasteiger partial charge in [-0.1, -0.05) is 0 Å². The Kier molecular flexibility index (Phi) is 3.60. The molecule has 0 saturated heterocycles. The average Bonchev–Trinajstić information content (AvgIpc) is 2.39. The van der Waals surface area contributed by atoms with Crippen LogP contribution < -0.4 is 22.3 Å². The monoisotopic (exact) mass is 262 g/mol. The van der Waals surface area contributed by atoms with Crippen molar-refractivity contribution in [1.29, 1.82) is 0 Å². The highest BCUT2D eigenvalue weighted by molar-refractivity contribution is 5.60. The minimum atomic E-state index is -0.545. The summed E-state index contributed by atoms with van der Waals surface area (Å²) in [6.45, 7) is 2.44. The Bertz CT molecular complexity index is 676. The van der Waals surface area contributed by atoms with Gasteiger partial charge in [-0.3, -0.25) is 14.3 Å². The Morgan fingerprint density at radius 3 is 2.89 bits per heavy atom. The fourth-order valence-corrected chi connectivity index (χ4v) is 1.68. The summed E-state index contributed by atoms with van der Waals surface area (Å²) in [5.74, 6) is 0.111. The molecule has 2 aromatic rings. The van der Waals surface area contributed by atoms with E-state index in [2.05, 4.69) is 20.5 Å². The molecule has 0 atom stereocenters. The minimum absolute atomic E-state index is 0.111. The number of nitrogens with zero attached hydrogens (tertiary/aromatic N) is 3. The van der Waals surface area contributed by atoms with Crippen LogP contribution in [0.2, 0.25) is 0 Å². The van der Waals surface area contributed by atoms with Crippen LogP contribution in [-0.2, 0) is 13.1 Å². The van der Waals surface area contributed by atoms with Gasteiger partial charge >= 0.3 is 5.69 Å². The molecule has 0 fully saturated rings. The molecule has 100 valence electrons. The van der Waals surface area contributed by atoms with Gasteiger partial charge in [0.15, 0.2) is 0 Å². The van der Waals surface area contributed by atoms with Crippen molar-refractivity contribution < 1.29 is 0 Å². The van der Waals surface area contributed by atoms with E-state index in [4.69, 9.17) is 5.73 Å². The molecular weight excluding hydrogens is 248 g/mol. The van der Waals surface area contributed by atoms with E-state index in [-0.39, 0.29) is 11.5 Å². The van der Waals surface area contributed by atoms with Gasteiger partial charge in [0, 0.05) is 12.7 Å². The second-order valence-electron chi connectivity index (χ2n) is 3.83. The maximum Gasteiger partial charge on any atom is 0.330 e. The third-order valence-corrected chi connectivity index (χ3v) is 2.63. The number of nitrogen functional groups attached to an aromatic ring is 1. The molecule has 19 heavy (non-hydrogen) atoms. The molecule has 0 aliphatic rings. The Labute approximate surface area is 108 Å². The van der Waals surface area contributed by atoms with Crippen molar-refractivity contribution in [3.63, 3.8) is 0 Å². The van der Waals surface area contributed by atoms with Crippen LogP contribution in [0.5, 0.6) is 0 Å². The molecule has 0 unspecified atom stereocenters. The molecule has 8 heteroatoms. The maximum absolute atomic E-state index is 11.7. The number of nitrogens with two attached hydrogens (primary N) is 1. The quantitative estimate of drug-likeness (QED) is 0.686. The lowest BCUT2D eigenvalue weighted by Gasteiger charge is -2.11. The molecule has 2 heterocycles. The van der Waals surface area contributed by atoms with Crippen LogP contribution >= 0.6 is 0 Å². The summed E-state index contributed by atoms with van der Waals surface area (Å²) in [7, 11) is 0. The number of H-pyrrole nitrogens is 1. The highest BCUT2D eigenvalue weighted by Crippen LogP contribution is 2.10. The lowest BCUT2D eigenvalue weighted by Crippen LogP contribution is -2.33. The van der Waals surface area contributed by atoms with E-state index >= 15 is 0 Å². The highest BCUT2D eigenvalue weighted by Gasteiger charge is 2.10. The summed E-state index contributed by atoms with van der Waals surface area (Å²) in [4.78, 5) is 25.4. The third-order valence-electron chi connectivity index (χ3n) is 2.63. The maximum atomic E-state index is 11.7. The van der Waals surface area contributed by atoms with Crippen molar-refractivity contribution in [1.82, 2.24) is 19.7 Å². The fourth-order valence-electron chi connectivity index (χ4n) is 1.68. The molecular formula is C11H14N6O2. The predicted octanol–water partition coefficient (Wildman–Crippen LogP) is -0.459. The van der Waals surface area contributed by atoms with Gasteiger partial charge in [0.05, 0.1) is 12.2 Å². The number of anilines is 2. The Morgan fingerprint density at radius 1 is 1.47 bits per heavy atom. The van der Waals surface area contributed by atoms with Gasteiger partial charge < -0.3 is 11.1 Å². The number of aromatic amines is 1. The van der Waals surface area contributed by atoms with Gasteiger partial charge in [-0.25, -0.2) is 4.79 Å². The van der Waals surface area contributed by atoms with E-state index in [0.717, 1.165) is 0 Å². The van der Waals surface area contributed by atoms with Crippen LogP contribution in [0.15, 0.2) is 27.9 Å². The van der Waals surface area contributed by atoms with Crippen molar-refractivity contribution in [2.24, 2.45) is 0 Å². The van der Waals surface area contributed by atoms with Crippen molar-refractivity contribution in [2.45, 2.75) is 20.0 Å². The van der Waals surface area contributed by atoms with Crippen molar-refractivity contribution in [3.05, 3.63) is 44.9 Å². The lowest BCUT2D eigenvalue weighted by atomic mass is 10.3. The molecule has 0 saturated carbocycles. The van der Waals surface area contributed by atoms with Crippen LogP contribution in [0.1, 0.15) is 12.6 Å². The van der Waals surface area contributed by atoms with Crippen molar-refractivity contribution in [2.75, 3.05) is 11.1 Å². The number of hydrogen-bond donors (Lipinski definition) is 3. The Balaban J connectivity index is 2.31. The van der Waals surface area contributed by atoms with Crippen LogP contribution in [0, 0.1) is 0 Å². The van der Waals surface area contributed by atoms with Gasteiger partial charge in [0.2, 0.25) is 0 Å². The summed E-state index contributed by atoms with van der Waals surface area (Å²) in [6, 6.07) is 3.50. The summed E-state index contributed by atoms with van der Waals surface area (Å²) in [5, 5.41) is 10.5. The topological polar surface area (TPSA) is 119 Å². The molecule has 0 radical (unpaired) electrons. The summed E-state index contributed by atoms with van der Waals surface area (Å²) >= 11 is 0. The normalized spacial score (nSPS) is 10.4. The summed E-state index contributed by atoms with van der Waals surface area (Å²) < 4.78 is 1.28. The van der Waals surface area contributed by atoms with Crippen LogP contribution in [-0.4, -0.2) is 19.7 Å². The standard InChI is InChI=1S/C11H14N6O2/c1-2-17-9(12)8(10(18)15-11(17)19)13-6-7-4-3-5-14-16-7/h3-5,13H,2,6,12H2,1H3,(H,15,18,19). The van der Waals surface area contributed by atoms with Crippen LogP contribution in [0.25, 0.3) is 0 Å². The minimum Gasteiger partial charge on any atom is -0.383 e. The zero-order valence-corrected chi connectivity index (χ0v) is 10.4. The zero-order valence-electron chi connectivity index (χ0n) is 10.4. The number of aromatic nitrogens is 4. The predicted molar refractivity (Wildman–Crippen MR) is 70.8 cm³/mol. The van der Waals surface area contributed by atoms with Gasteiger partial charge in [-0.05, 0) is 19.1 Å². The molecule has 8 nitrogen and oxygen atoms in total.